The van der Waals surface area contributed by atoms with Gasteiger partial charge in [-0.2, -0.15) is 5.10 Å². The number of aromatic nitrogens is 1. The minimum atomic E-state index is 0. The number of hydrogen-bond donors (Lipinski definition) is 2. The zero-order valence-electron chi connectivity index (χ0n) is 9.28. The van der Waals surface area contributed by atoms with Crippen molar-refractivity contribution in [2.45, 2.75) is 19.9 Å². The van der Waals surface area contributed by atoms with Crippen molar-refractivity contribution < 1.29 is 1.43 Å². The molecule has 3 heterocycles. The van der Waals surface area contributed by atoms with Gasteiger partial charge in [-0.15, -0.1) is 0 Å². The third kappa shape index (κ3) is 1.52. The molecular weight excluding hydrogens is 188 g/mol. The number of hydrazone groups is 1. The van der Waals surface area contributed by atoms with Crippen LogP contribution in [-0.2, 0) is 0 Å². The van der Waals surface area contributed by atoms with Crippen molar-refractivity contribution >= 4 is 18.1 Å². The van der Waals surface area contributed by atoms with Crippen LogP contribution < -0.4 is 5.32 Å². The molecule has 1 atom stereocenters. The molecule has 82 valence electrons. The molecule has 0 saturated carbocycles. The quantitative estimate of drug-likeness (QED) is 0.684. The maximum Gasteiger partial charge on any atom is 0.111 e. The Morgan fingerprint density at radius 3 is 3.07 bits per heavy atom. The van der Waals surface area contributed by atoms with Crippen LogP contribution in [0.5, 0.6) is 0 Å². The van der Waals surface area contributed by atoms with E-state index in [0.717, 1.165) is 5.82 Å². The normalized spacial score (nSPS) is 20.9. The van der Waals surface area contributed by atoms with E-state index >= 15 is 0 Å². The fraction of sp³-hybridized carbons (Fsp3) is 0.364. The molecule has 1 unspecified atom stereocenters. The maximum atomic E-state index is 4.21. The highest BCUT2D eigenvalue weighted by Crippen LogP contribution is 2.28. The van der Waals surface area contributed by atoms with Crippen molar-refractivity contribution in [3.8, 4) is 0 Å². The van der Waals surface area contributed by atoms with Gasteiger partial charge in [0.05, 0.1) is 11.9 Å². The van der Waals surface area contributed by atoms with Crippen LogP contribution in [0, 0.1) is 0 Å². The number of rotatable bonds is 0. The van der Waals surface area contributed by atoms with Gasteiger partial charge in [-0.05, 0) is 12.1 Å². The van der Waals surface area contributed by atoms with E-state index in [9.17, 15) is 0 Å². The number of nitrogens with one attached hydrogen (secondary N) is 2. The molecule has 2 aliphatic rings. The monoisotopic (exact) mass is 206 g/mol. The van der Waals surface area contributed by atoms with E-state index in [1.54, 1.807) is 0 Å². The van der Waals surface area contributed by atoms with Gasteiger partial charge in [0.15, 0.2) is 0 Å². The van der Waals surface area contributed by atoms with Crippen LogP contribution in [0.25, 0.3) is 6.08 Å². The first kappa shape index (κ1) is 9.83. The molecular formula is C11H18N4. The number of nitrogens with zero attached hydrogens (tertiary/aromatic N) is 2. The molecule has 2 N–H and O–H groups in total. The van der Waals surface area contributed by atoms with Gasteiger partial charge in [-0.3, -0.25) is 5.01 Å². The zero-order chi connectivity index (χ0) is 10.8. The Hall–Kier alpha value is -1.71. The summed E-state index contributed by atoms with van der Waals surface area (Å²) in [6, 6.07) is 2.29. The number of likely N-dealkylation sites (N-methyl/N-ethyl adjacent to an activating group) is 1. The van der Waals surface area contributed by atoms with Gasteiger partial charge in [0.1, 0.15) is 11.9 Å². The van der Waals surface area contributed by atoms with Crippen LogP contribution in [0.2, 0.25) is 0 Å². The first-order valence-corrected chi connectivity index (χ1v) is 5.28. The van der Waals surface area contributed by atoms with Crippen LogP contribution in [0.1, 0.15) is 20.8 Å². The zero-order valence-corrected chi connectivity index (χ0v) is 9.28. The first-order chi connectivity index (χ1) is 7.34. The third-order valence-electron chi connectivity index (χ3n) is 2.46. The maximum absolute atomic E-state index is 4.21. The standard InChI is InChI=1S/C9H10N4.C2H6.H2/c1-13-8-4-6-2-3-10-9(6)12-7(8)5-11-13;1-2;/h2-5,7,10,12H,1H3;1-2H3;1H. The number of anilines is 1. The van der Waals surface area contributed by atoms with E-state index in [-0.39, 0.29) is 7.47 Å². The van der Waals surface area contributed by atoms with Crippen LogP contribution in [0.4, 0.5) is 5.82 Å². The Labute approximate surface area is 91.2 Å². The van der Waals surface area contributed by atoms with Crippen molar-refractivity contribution in [3.05, 3.63) is 23.5 Å². The summed E-state index contributed by atoms with van der Waals surface area (Å²) in [4.78, 5) is 3.15. The summed E-state index contributed by atoms with van der Waals surface area (Å²) in [5.74, 6) is 1.08. The Morgan fingerprint density at radius 1 is 1.47 bits per heavy atom. The molecule has 2 aliphatic heterocycles. The van der Waals surface area contributed by atoms with Crippen molar-refractivity contribution in [1.82, 2.24) is 9.99 Å². The molecule has 0 saturated heterocycles. The Kier molecular flexibility index (Phi) is 2.49. The second-order valence-corrected chi connectivity index (χ2v) is 3.29. The fourth-order valence-corrected chi connectivity index (χ4v) is 1.75. The minimum absolute atomic E-state index is 0. The molecule has 1 aromatic rings. The molecule has 0 amide bonds. The van der Waals surface area contributed by atoms with E-state index < -0.39 is 0 Å². The molecule has 4 heteroatoms. The predicted molar refractivity (Wildman–Crippen MR) is 65.9 cm³/mol. The Bertz CT molecular complexity index is 408. The molecule has 0 fully saturated rings. The van der Waals surface area contributed by atoms with Gasteiger partial charge >= 0.3 is 0 Å². The molecule has 4 nitrogen and oxygen atoms in total. The summed E-state index contributed by atoms with van der Waals surface area (Å²) in [5.41, 5.74) is 2.40. The van der Waals surface area contributed by atoms with E-state index in [2.05, 4.69) is 27.5 Å². The van der Waals surface area contributed by atoms with Gasteiger partial charge in [0, 0.05) is 20.2 Å². The summed E-state index contributed by atoms with van der Waals surface area (Å²) >= 11 is 0. The van der Waals surface area contributed by atoms with Gasteiger partial charge in [-0.25, -0.2) is 0 Å². The highest BCUT2D eigenvalue weighted by atomic mass is 15.5. The lowest BCUT2D eigenvalue weighted by Crippen LogP contribution is -2.27. The minimum Gasteiger partial charge on any atom is -0.358 e. The highest BCUT2D eigenvalue weighted by Gasteiger charge is 2.26. The molecule has 1 aromatic heterocycles. The average Bonchev–Trinajstić information content (AvgIpc) is 2.86. The summed E-state index contributed by atoms with van der Waals surface area (Å²) in [7, 11) is 1.96. The number of aromatic amines is 1. The Morgan fingerprint density at radius 2 is 2.27 bits per heavy atom. The molecule has 3 rings (SSSR count). The number of H-pyrrole nitrogens is 1. The van der Waals surface area contributed by atoms with Crippen molar-refractivity contribution in [3.63, 3.8) is 0 Å². The van der Waals surface area contributed by atoms with E-state index in [4.69, 9.17) is 0 Å². The third-order valence-corrected chi connectivity index (χ3v) is 2.46. The van der Waals surface area contributed by atoms with E-state index in [1.165, 1.54) is 11.3 Å². The molecule has 0 bridgehead atoms. The van der Waals surface area contributed by atoms with Crippen molar-refractivity contribution in [2.75, 3.05) is 12.4 Å². The highest BCUT2D eigenvalue weighted by molar-refractivity contribution is 5.84. The van der Waals surface area contributed by atoms with Crippen molar-refractivity contribution in [1.29, 1.82) is 0 Å². The molecule has 0 radical (unpaired) electrons. The van der Waals surface area contributed by atoms with Gasteiger partial charge < -0.3 is 10.3 Å². The second-order valence-electron chi connectivity index (χ2n) is 3.29. The van der Waals surface area contributed by atoms with Crippen LogP contribution in [-0.4, -0.2) is 29.3 Å². The second kappa shape index (κ2) is 3.81. The summed E-state index contributed by atoms with van der Waals surface area (Å²) in [5, 5.41) is 9.46. The molecule has 0 spiro atoms. The largest absolute Gasteiger partial charge is 0.358 e. The topological polar surface area (TPSA) is 43.4 Å². The van der Waals surface area contributed by atoms with Crippen LogP contribution >= 0.6 is 0 Å². The summed E-state index contributed by atoms with van der Waals surface area (Å²) in [6.45, 7) is 4.00. The fourth-order valence-electron chi connectivity index (χ4n) is 1.75. The molecule has 0 aliphatic carbocycles. The first-order valence-electron chi connectivity index (χ1n) is 5.28. The van der Waals surface area contributed by atoms with E-state index in [1.807, 2.05) is 38.3 Å². The van der Waals surface area contributed by atoms with E-state index in [0.29, 0.717) is 0 Å². The van der Waals surface area contributed by atoms with Gasteiger partial charge in [0.25, 0.3) is 0 Å². The smallest absolute Gasteiger partial charge is 0.111 e. The average molecular weight is 206 g/mol. The lowest BCUT2D eigenvalue weighted by Gasteiger charge is -2.21. The van der Waals surface area contributed by atoms with Gasteiger partial charge in [0.2, 0.25) is 0 Å². The molecule has 15 heavy (non-hydrogen) atoms. The lowest BCUT2D eigenvalue weighted by molar-refractivity contribution is 0.464. The van der Waals surface area contributed by atoms with Crippen LogP contribution in [0.3, 0.4) is 0 Å². The molecule has 0 aromatic carbocycles. The summed E-state index contributed by atoms with van der Waals surface area (Å²) in [6.07, 6.45) is 6.00. The Balaban J connectivity index is 0.000000406. The summed E-state index contributed by atoms with van der Waals surface area (Å²) < 4.78 is 0. The predicted octanol–water partition coefficient (Wildman–Crippen LogP) is 2.35. The lowest BCUT2D eigenvalue weighted by atomic mass is 10.1. The SMILES string of the molecule is CC.CN1N=CC2Nc3[nH]ccc3C=C21.[HH]. The number of fused-ring (bicyclic) bond motifs is 2. The van der Waals surface area contributed by atoms with Crippen molar-refractivity contribution in [2.24, 2.45) is 5.10 Å². The number of hydrogen-bond acceptors (Lipinski definition) is 3. The van der Waals surface area contributed by atoms with Crippen LogP contribution in [0.15, 0.2) is 23.1 Å². The van der Waals surface area contributed by atoms with Gasteiger partial charge in [-0.1, -0.05) is 13.8 Å².